The van der Waals surface area contributed by atoms with Crippen LogP contribution in [0.25, 0.3) is 0 Å². The third-order valence-corrected chi connectivity index (χ3v) is 6.34. The van der Waals surface area contributed by atoms with Crippen LogP contribution in [0.4, 0.5) is 0 Å². The minimum atomic E-state index is -3.85. The number of halogens is 1. The van der Waals surface area contributed by atoms with Crippen molar-refractivity contribution in [3.8, 4) is 0 Å². The number of carbonyl (C=O) groups is 1. The SMILES string of the molecule is COC(=O)c1c(C)oc(C)c1S(=O)(=O)N1CCCCC1CCN.Cl. The van der Waals surface area contributed by atoms with E-state index in [0.29, 0.717) is 19.5 Å². The smallest absolute Gasteiger partial charge is 0.342 e. The maximum Gasteiger partial charge on any atom is 0.342 e. The number of piperidine rings is 1. The molecule has 0 aromatic carbocycles. The molecule has 1 aliphatic rings. The van der Waals surface area contributed by atoms with Gasteiger partial charge in [0.05, 0.1) is 7.11 Å². The van der Waals surface area contributed by atoms with E-state index in [-0.39, 0.29) is 40.4 Å². The molecule has 1 aromatic heterocycles. The van der Waals surface area contributed by atoms with E-state index in [1.54, 1.807) is 13.8 Å². The number of nitrogens with two attached hydrogens (primary N) is 1. The van der Waals surface area contributed by atoms with Crippen LogP contribution in [0.5, 0.6) is 0 Å². The van der Waals surface area contributed by atoms with E-state index in [1.165, 1.54) is 11.4 Å². The summed E-state index contributed by atoms with van der Waals surface area (Å²) in [7, 11) is -2.62. The highest BCUT2D eigenvalue weighted by molar-refractivity contribution is 7.89. The van der Waals surface area contributed by atoms with E-state index in [4.69, 9.17) is 14.9 Å². The second-order valence-corrected chi connectivity index (χ2v) is 7.58. The first-order valence-electron chi connectivity index (χ1n) is 7.74. The Morgan fingerprint density at radius 3 is 2.58 bits per heavy atom. The molecule has 1 fully saturated rings. The van der Waals surface area contributed by atoms with Crippen LogP contribution in [0.15, 0.2) is 9.31 Å². The van der Waals surface area contributed by atoms with Gasteiger partial charge in [0.1, 0.15) is 22.0 Å². The van der Waals surface area contributed by atoms with Crippen molar-refractivity contribution in [3.05, 3.63) is 17.1 Å². The molecular formula is C15H25ClN2O5S. The average Bonchev–Trinajstić information content (AvgIpc) is 2.82. The van der Waals surface area contributed by atoms with Crippen LogP contribution in [0, 0.1) is 13.8 Å². The van der Waals surface area contributed by atoms with Crippen molar-refractivity contribution in [1.29, 1.82) is 0 Å². The fraction of sp³-hybridized carbons (Fsp3) is 0.667. The Hall–Kier alpha value is -1.09. The summed E-state index contributed by atoms with van der Waals surface area (Å²) < 4.78 is 37.9. The first-order valence-corrected chi connectivity index (χ1v) is 9.18. The van der Waals surface area contributed by atoms with Gasteiger partial charge in [0, 0.05) is 12.6 Å². The molecule has 2 rings (SSSR count). The second-order valence-electron chi connectivity index (χ2n) is 5.75. The lowest BCUT2D eigenvalue weighted by Crippen LogP contribution is -2.45. The van der Waals surface area contributed by atoms with Crippen molar-refractivity contribution in [3.63, 3.8) is 0 Å². The highest BCUT2D eigenvalue weighted by Gasteiger charge is 2.39. The number of furan rings is 1. The van der Waals surface area contributed by atoms with Crippen molar-refractivity contribution in [2.45, 2.75) is 50.5 Å². The molecule has 0 aliphatic carbocycles. The number of methoxy groups -OCH3 is 1. The number of carbonyl (C=O) groups excluding carboxylic acids is 1. The number of rotatable bonds is 5. The van der Waals surface area contributed by atoms with E-state index < -0.39 is 16.0 Å². The Kier molecular flexibility index (Phi) is 7.27. The molecule has 1 atom stereocenters. The number of hydrogen-bond acceptors (Lipinski definition) is 6. The lowest BCUT2D eigenvalue weighted by molar-refractivity contribution is 0.0594. The summed E-state index contributed by atoms with van der Waals surface area (Å²) in [6, 6.07) is -0.140. The fourth-order valence-electron chi connectivity index (χ4n) is 3.20. The summed E-state index contributed by atoms with van der Waals surface area (Å²) in [5.41, 5.74) is 5.61. The number of hydrogen-bond donors (Lipinski definition) is 1. The Balaban J connectivity index is 0.00000288. The van der Waals surface area contributed by atoms with Crippen LogP contribution in [0.2, 0.25) is 0 Å². The molecule has 0 amide bonds. The summed E-state index contributed by atoms with van der Waals surface area (Å²) in [5, 5.41) is 0. The van der Waals surface area contributed by atoms with Gasteiger partial charge in [-0.1, -0.05) is 6.42 Å². The predicted octanol–water partition coefficient (Wildman–Crippen LogP) is 2.00. The molecule has 2 N–H and O–H groups in total. The quantitative estimate of drug-likeness (QED) is 0.783. The molecule has 1 saturated heterocycles. The van der Waals surface area contributed by atoms with Gasteiger partial charge in [-0.05, 0) is 39.7 Å². The maximum absolute atomic E-state index is 13.2. The van der Waals surface area contributed by atoms with Crippen LogP contribution < -0.4 is 5.73 Å². The lowest BCUT2D eigenvalue weighted by Gasteiger charge is -2.34. The topological polar surface area (TPSA) is 103 Å². The minimum Gasteiger partial charge on any atom is -0.465 e. The van der Waals surface area contributed by atoms with Gasteiger partial charge in [0.15, 0.2) is 0 Å². The molecule has 9 heteroatoms. The zero-order valence-electron chi connectivity index (χ0n) is 14.2. The summed E-state index contributed by atoms with van der Waals surface area (Å²) in [5.74, 6) is -0.245. The molecule has 2 heterocycles. The highest BCUT2D eigenvalue weighted by Crippen LogP contribution is 2.33. The monoisotopic (exact) mass is 380 g/mol. The molecule has 24 heavy (non-hydrogen) atoms. The van der Waals surface area contributed by atoms with Crippen LogP contribution in [0.3, 0.4) is 0 Å². The summed E-state index contributed by atoms with van der Waals surface area (Å²) in [6.45, 7) is 3.96. The minimum absolute atomic E-state index is 0. The summed E-state index contributed by atoms with van der Waals surface area (Å²) in [4.78, 5) is 11.9. The fourth-order valence-corrected chi connectivity index (χ4v) is 5.30. The van der Waals surface area contributed by atoms with E-state index in [1.807, 2.05) is 0 Å². The molecule has 138 valence electrons. The van der Waals surface area contributed by atoms with E-state index >= 15 is 0 Å². The highest BCUT2D eigenvalue weighted by atomic mass is 35.5. The molecule has 1 aliphatic heterocycles. The molecule has 0 bridgehead atoms. The van der Waals surface area contributed by atoms with Crippen LogP contribution in [-0.2, 0) is 14.8 Å². The number of nitrogens with zero attached hydrogens (tertiary/aromatic N) is 1. The zero-order valence-corrected chi connectivity index (χ0v) is 15.8. The largest absolute Gasteiger partial charge is 0.465 e. The molecule has 1 aromatic rings. The van der Waals surface area contributed by atoms with Crippen LogP contribution >= 0.6 is 12.4 Å². The Labute approximate surface area is 149 Å². The number of ether oxygens (including phenoxy) is 1. The van der Waals surface area contributed by atoms with Gasteiger partial charge in [-0.3, -0.25) is 0 Å². The van der Waals surface area contributed by atoms with Gasteiger partial charge in [0.25, 0.3) is 0 Å². The standard InChI is InChI=1S/C15H24N2O5S.ClH/c1-10-13(15(18)21-3)14(11(2)22-10)23(19,20)17-9-5-4-6-12(17)7-8-16;/h12H,4-9,16H2,1-3H3;1H. The van der Waals surface area contributed by atoms with Crippen molar-refractivity contribution >= 4 is 28.4 Å². The molecule has 0 radical (unpaired) electrons. The Morgan fingerprint density at radius 1 is 1.33 bits per heavy atom. The van der Waals surface area contributed by atoms with Gasteiger partial charge < -0.3 is 14.9 Å². The maximum atomic E-state index is 13.2. The van der Waals surface area contributed by atoms with Crippen molar-refractivity contribution in [1.82, 2.24) is 4.31 Å². The van der Waals surface area contributed by atoms with Gasteiger partial charge in [-0.15, -0.1) is 12.4 Å². The van der Waals surface area contributed by atoms with Crippen molar-refractivity contribution in [2.24, 2.45) is 5.73 Å². The average molecular weight is 381 g/mol. The first kappa shape index (κ1) is 21.0. The normalized spacial score (nSPS) is 18.9. The van der Waals surface area contributed by atoms with Gasteiger partial charge in [-0.25, -0.2) is 13.2 Å². The van der Waals surface area contributed by atoms with Crippen molar-refractivity contribution < 1.29 is 22.4 Å². The molecular weight excluding hydrogens is 356 g/mol. The van der Waals surface area contributed by atoms with Crippen LogP contribution in [-0.4, -0.2) is 44.9 Å². The lowest BCUT2D eigenvalue weighted by atomic mass is 10.0. The predicted molar refractivity (Wildman–Crippen MR) is 92.0 cm³/mol. The first-order chi connectivity index (χ1) is 10.8. The van der Waals surface area contributed by atoms with E-state index in [9.17, 15) is 13.2 Å². The second kappa shape index (κ2) is 8.33. The summed E-state index contributed by atoms with van der Waals surface area (Å²) >= 11 is 0. The summed E-state index contributed by atoms with van der Waals surface area (Å²) in [6.07, 6.45) is 3.15. The van der Waals surface area contributed by atoms with Gasteiger partial charge in [-0.2, -0.15) is 4.31 Å². The number of sulfonamides is 1. The van der Waals surface area contributed by atoms with Crippen molar-refractivity contribution in [2.75, 3.05) is 20.2 Å². The van der Waals surface area contributed by atoms with E-state index in [2.05, 4.69) is 0 Å². The molecule has 0 saturated carbocycles. The number of esters is 1. The van der Waals surface area contributed by atoms with Gasteiger partial charge >= 0.3 is 5.97 Å². The Morgan fingerprint density at radius 2 is 2.00 bits per heavy atom. The Bertz CT molecular complexity index is 684. The molecule has 7 nitrogen and oxygen atoms in total. The molecule has 0 spiro atoms. The van der Waals surface area contributed by atoms with E-state index in [0.717, 1.165) is 19.3 Å². The number of aryl methyl sites for hydroxylation is 2. The van der Waals surface area contributed by atoms with Crippen LogP contribution in [0.1, 0.15) is 47.6 Å². The third-order valence-electron chi connectivity index (χ3n) is 4.23. The molecule has 1 unspecified atom stereocenters. The van der Waals surface area contributed by atoms with Gasteiger partial charge in [0.2, 0.25) is 10.0 Å². The zero-order chi connectivity index (χ0) is 17.2. The third kappa shape index (κ3) is 3.77.